The number of aryl methyl sites for hydroxylation is 1. The van der Waals surface area contributed by atoms with Crippen molar-refractivity contribution >= 4 is 17.1 Å². The second-order valence-corrected chi connectivity index (χ2v) is 3.09. The molecule has 0 bridgehead atoms. The van der Waals surface area contributed by atoms with E-state index in [0.29, 0.717) is 5.88 Å². The van der Waals surface area contributed by atoms with Crippen LogP contribution in [0.25, 0.3) is 5.52 Å². The fourth-order valence-corrected chi connectivity index (χ4v) is 1.55. The van der Waals surface area contributed by atoms with E-state index in [1.54, 1.807) is 6.20 Å². The predicted octanol–water partition coefficient (Wildman–Crippen LogP) is 2.38. The zero-order chi connectivity index (χ0) is 8.55. The highest BCUT2D eigenvalue weighted by molar-refractivity contribution is 6.16. The van der Waals surface area contributed by atoms with Crippen LogP contribution in [0.15, 0.2) is 24.4 Å². The molecule has 0 atom stereocenters. The first kappa shape index (κ1) is 7.62. The number of hydrogen-bond acceptors (Lipinski definition) is 1. The summed E-state index contributed by atoms with van der Waals surface area (Å²) in [5.41, 5.74) is 3.36. The van der Waals surface area contributed by atoms with Gasteiger partial charge in [-0.05, 0) is 30.7 Å². The Labute approximate surface area is 75.8 Å². The van der Waals surface area contributed by atoms with Gasteiger partial charge in [-0.1, -0.05) is 0 Å². The van der Waals surface area contributed by atoms with Crippen LogP contribution in [0.2, 0.25) is 0 Å². The SMILES string of the molecule is Cc1cc(CCl)n2nccc2c1. The molecule has 0 aliphatic carbocycles. The van der Waals surface area contributed by atoms with E-state index in [-0.39, 0.29) is 0 Å². The van der Waals surface area contributed by atoms with Crippen LogP contribution in [-0.2, 0) is 5.88 Å². The summed E-state index contributed by atoms with van der Waals surface area (Å²) in [5, 5.41) is 4.16. The Morgan fingerprint density at radius 1 is 1.50 bits per heavy atom. The summed E-state index contributed by atoms with van der Waals surface area (Å²) in [7, 11) is 0. The van der Waals surface area contributed by atoms with Crippen LogP contribution in [0.3, 0.4) is 0 Å². The lowest BCUT2D eigenvalue weighted by atomic mass is 10.2. The van der Waals surface area contributed by atoms with E-state index in [0.717, 1.165) is 11.2 Å². The zero-order valence-corrected chi connectivity index (χ0v) is 7.54. The lowest BCUT2D eigenvalue weighted by molar-refractivity contribution is 0.901. The second-order valence-electron chi connectivity index (χ2n) is 2.83. The van der Waals surface area contributed by atoms with Gasteiger partial charge in [0.25, 0.3) is 0 Å². The van der Waals surface area contributed by atoms with Gasteiger partial charge in [-0.2, -0.15) is 5.10 Å². The molecule has 0 spiro atoms. The summed E-state index contributed by atoms with van der Waals surface area (Å²) in [5.74, 6) is 0.500. The molecular formula is C9H9ClN2. The van der Waals surface area contributed by atoms with Crippen LogP contribution in [0.4, 0.5) is 0 Å². The number of nitrogens with zero attached hydrogens (tertiary/aromatic N) is 2. The van der Waals surface area contributed by atoms with Crippen molar-refractivity contribution in [1.82, 2.24) is 9.61 Å². The minimum atomic E-state index is 0.500. The lowest BCUT2D eigenvalue weighted by Crippen LogP contribution is -1.96. The largest absolute Gasteiger partial charge is 0.237 e. The van der Waals surface area contributed by atoms with E-state index in [1.807, 2.05) is 16.6 Å². The number of pyridine rings is 1. The Morgan fingerprint density at radius 2 is 2.33 bits per heavy atom. The summed E-state index contributed by atoms with van der Waals surface area (Å²) >= 11 is 5.77. The maximum atomic E-state index is 5.77. The Morgan fingerprint density at radius 3 is 3.08 bits per heavy atom. The van der Waals surface area contributed by atoms with Crippen molar-refractivity contribution in [3.05, 3.63) is 35.7 Å². The molecule has 0 radical (unpaired) electrons. The van der Waals surface area contributed by atoms with Crippen molar-refractivity contribution < 1.29 is 0 Å². The summed E-state index contributed by atoms with van der Waals surface area (Å²) in [6.07, 6.45) is 1.78. The highest BCUT2D eigenvalue weighted by Gasteiger charge is 2.00. The van der Waals surface area contributed by atoms with Crippen LogP contribution in [-0.4, -0.2) is 9.61 Å². The molecule has 2 heterocycles. The monoisotopic (exact) mass is 180 g/mol. The average molecular weight is 181 g/mol. The molecule has 0 unspecified atom stereocenters. The van der Waals surface area contributed by atoms with Gasteiger partial charge in [0.05, 0.1) is 17.1 Å². The Bertz CT molecular complexity index is 406. The molecule has 0 N–H and O–H groups in total. The molecule has 2 rings (SSSR count). The second kappa shape index (κ2) is 2.79. The van der Waals surface area contributed by atoms with Crippen LogP contribution in [0, 0.1) is 6.92 Å². The molecule has 2 aromatic heterocycles. The number of hydrogen-bond donors (Lipinski definition) is 0. The number of aromatic nitrogens is 2. The highest BCUT2D eigenvalue weighted by Crippen LogP contribution is 2.11. The van der Waals surface area contributed by atoms with Crippen LogP contribution < -0.4 is 0 Å². The van der Waals surface area contributed by atoms with Crippen molar-refractivity contribution in [2.75, 3.05) is 0 Å². The maximum absolute atomic E-state index is 5.77. The molecule has 62 valence electrons. The average Bonchev–Trinajstić information content (AvgIpc) is 2.50. The summed E-state index contributed by atoms with van der Waals surface area (Å²) in [4.78, 5) is 0. The number of fused-ring (bicyclic) bond motifs is 1. The van der Waals surface area contributed by atoms with E-state index in [4.69, 9.17) is 11.6 Å². The van der Waals surface area contributed by atoms with Crippen LogP contribution >= 0.6 is 11.6 Å². The van der Waals surface area contributed by atoms with Crippen LogP contribution in [0.1, 0.15) is 11.3 Å². The molecular weight excluding hydrogens is 172 g/mol. The molecule has 2 nitrogen and oxygen atoms in total. The maximum Gasteiger partial charge on any atom is 0.0667 e. The third-order valence-corrected chi connectivity index (χ3v) is 2.12. The summed E-state index contributed by atoms with van der Waals surface area (Å²) in [6.45, 7) is 2.06. The van der Waals surface area contributed by atoms with Gasteiger partial charge >= 0.3 is 0 Å². The smallest absolute Gasteiger partial charge is 0.0667 e. The van der Waals surface area contributed by atoms with Gasteiger partial charge in [0.1, 0.15) is 0 Å². The van der Waals surface area contributed by atoms with Crippen molar-refractivity contribution in [2.24, 2.45) is 0 Å². The Balaban J connectivity index is 2.80. The van der Waals surface area contributed by atoms with E-state index in [2.05, 4.69) is 18.1 Å². The standard InChI is InChI=1S/C9H9ClN2/c1-7-4-8-2-3-11-12(8)9(5-7)6-10/h2-5H,6H2,1H3. The van der Waals surface area contributed by atoms with Crippen molar-refractivity contribution in [1.29, 1.82) is 0 Å². The van der Waals surface area contributed by atoms with Crippen LogP contribution in [0.5, 0.6) is 0 Å². The van der Waals surface area contributed by atoms with Gasteiger partial charge in [-0.25, -0.2) is 4.52 Å². The first-order chi connectivity index (χ1) is 5.81. The van der Waals surface area contributed by atoms with Crippen molar-refractivity contribution in [3.63, 3.8) is 0 Å². The van der Waals surface area contributed by atoms with Gasteiger partial charge in [0.15, 0.2) is 0 Å². The molecule has 2 aromatic rings. The predicted molar refractivity (Wildman–Crippen MR) is 49.5 cm³/mol. The molecule has 0 saturated carbocycles. The normalized spacial score (nSPS) is 10.8. The molecule has 0 amide bonds. The molecule has 3 heteroatoms. The first-order valence-electron chi connectivity index (χ1n) is 3.80. The molecule has 0 fully saturated rings. The lowest BCUT2D eigenvalue weighted by Gasteiger charge is -2.02. The molecule has 12 heavy (non-hydrogen) atoms. The highest BCUT2D eigenvalue weighted by atomic mass is 35.5. The topological polar surface area (TPSA) is 17.3 Å². The number of halogens is 1. The fourth-order valence-electron chi connectivity index (χ4n) is 1.36. The van der Waals surface area contributed by atoms with Gasteiger partial charge < -0.3 is 0 Å². The zero-order valence-electron chi connectivity index (χ0n) is 6.79. The molecule has 0 aromatic carbocycles. The number of rotatable bonds is 1. The Kier molecular flexibility index (Phi) is 1.77. The third kappa shape index (κ3) is 1.08. The summed E-state index contributed by atoms with van der Waals surface area (Å²) < 4.78 is 1.86. The molecule has 0 saturated heterocycles. The first-order valence-corrected chi connectivity index (χ1v) is 4.34. The van der Waals surface area contributed by atoms with E-state index < -0.39 is 0 Å². The third-order valence-electron chi connectivity index (χ3n) is 1.85. The van der Waals surface area contributed by atoms with Gasteiger partial charge in [-0.3, -0.25) is 0 Å². The molecule has 0 aliphatic heterocycles. The Hall–Kier alpha value is -1.02. The van der Waals surface area contributed by atoms with Crippen molar-refractivity contribution in [2.45, 2.75) is 12.8 Å². The minimum absolute atomic E-state index is 0.500. The molecule has 0 aliphatic rings. The fraction of sp³-hybridized carbons (Fsp3) is 0.222. The van der Waals surface area contributed by atoms with E-state index in [9.17, 15) is 0 Å². The quantitative estimate of drug-likeness (QED) is 0.616. The van der Waals surface area contributed by atoms with E-state index >= 15 is 0 Å². The van der Waals surface area contributed by atoms with Gasteiger partial charge in [0, 0.05) is 6.20 Å². The van der Waals surface area contributed by atoms with Crippen molar-refractivity contribution in [3.8, 4) is 0 Å². The van der Waals surface area contributed by atoms with Gasteiger partial charge in [-0.15, -0.1) is 11.6 Å². The van der Waals surface area contributed by atoms with E-state index in [1.165, 1.54) is 5.56 Å². The summed E-state index contributed by atoms with van der Waals surface area (Å²) in [6, 6.07) is 6.11. The minimum Gasteiger partial charge on any atom is -0.237 e. The number of alkyl halides is 1. The van der Waals surface area contributed by atoms with Gasteiger partial charge in [0.2, 0.25) is 0 Å².